The molecule has 0 atom stereocenters. The highest BCUT2D eigenvalue weighted by molar-refractivity contribution is 6.31. The first-order valence-corrected chi connectivity index (χ1v) is 6.16. The molecule has 0 amide bonds. The fourth-order valence-corrected chi connectivity index (χ4v) is 1.97. The second-order valence-electron chi connectivity index (χ2n) is 3.68. The molecule has 0 aromatic carbocycles. The lowest BCUT2D eigenvalue weighted by atomic mass is 10.2. The van der Waals surface area contributed by atoms with E-state index >= 15 is 0 Å². The van der Waals surface area contributed by atoms with Crippen molar-refractivity contribution in [3.8, 4) is 0 Å². The zero-order valence-electron chi connectivity index (χ0n) is 9.98. The predicted molar refractivity (Wildman–Crippen MR) is 69.8 cm³/mol. The monoisotopic (exact) mass is 286 g/mol. The lowest BCUT2D eigenvalue weighted by molar-refractivity contribution is 0.746. The molecule has 2 aromatic heterocycles. The molecule has 0 saturated carbocycles. The van der Waals surface area contributed by atoms with Crippen LogP contribution < -0.4 is 5.32 Å². The molecule has 0 aliphatic carbocycles. The molecule has 0 saturated heterocycles. The molecule has 1 N–H and O–H groups in total. The second kappa shape index (κ2) is 5.49. The minimum Gasteiger partial charge on any atom is -0.350 e. The topological polar surface area (TPSA) is 68.5 Å². The minimum absolute atomic E-state index is 0.0689. The molecule has 0 bridgehead atoms. The van der Waals surface area contributed by atoms with Gasteiger partial charge in [0, 0.05) is 25.4 Å². The second-order valence-corrected chi connectivity index (χ2v) is 4.36. The van der Waals surface area contributed by atoms with E-state index in [0.29, 0.717) is 12.5 Å². The van der Waals surface area contributed by atoms with Crippen LogP contribution in [-0.4, -0.2) is 24.7 Å². The average molecular weight is 287 g/mol. The number of aryl methyl sites for hydroxylation is 2. The van der Waals surface area contributed by atoms with Crippen molar-refractivity contribution < 1.29 is 0 Å². The Hall–Kier alpha value is -1.40. The lowest BCUT2D eigenvalue weighted by Crippen LogP contribution is -2.05. The molecule has 8 heteroatoms. The van der Waals surface area contributed by atoms with Crippen molar-refractivity contribution >= 4 is 29.2 Å². The van der Waals surface area contributed by atoms with E-state index in [4.69, 9.17) is 23.2 Å². The van der Waals surface area contributed by atoms with Crippen LogP contribution in [-0.2, 0) is 20.0 Å². The summed E-state index contributed by atoms with van der Waals surface area (Å²) in [6, 6.07) is 0. The molecule has 0 radical (unpaired) electrons. The number of aromatic nitrogens is 5. The summed E-state index contributed by atoms with van der Waals surface area (Å²) in [5.41, 5.74) is 2.13. The maximum absolute atomic E-state index is 5.69. The van der Waals surface area contributed by atoms with Gasteiger partial charge in [0.2, 0.25) is 16.5 Å². The van der Waals surface area contributed by atoms with E-state index in [9.17, 15) is 0 Å². The summed E-state index contributed by atoms with van der Waals surface area (Å²) in [5, 5.41) is 7.53. The number of hydrogen-bond donors (Lipinski definition) is 1. The largest absolute Gasteiger partial charge is 0.350 e. The smallest absolute Gasteiger partial charge is 0.228 e. The Balaban J connectivity index is 2.11. The maximum Gasteiger partial charge on any atom is 0.228 e. The van der Waals surface area contributed by atoms with Crippen molar-refractivity contribution in [1.29, 1.82) is 0 Å². The highest BCUT2D eigenvalue weighted by Gasteiger charge is 2.07. The normalized spacial score (nSPS) is 10.7. The summed E-state index contributed by atoms with van der Waals surface area (Å²) < 4.78 is 1.78. The number of anilines is 1. The van der Waals surface area contributed by atoms with Gasteiger partial charge < -0.3 is 5.32 Å². The summed E-state index contributed by atoms with van der Waals surface area (Å²) in [6.45, 7) is 2.62. The fourth-order valence-electron chi connectivity index (χ4n) is 1.61. The zero-order valence-corrected chi connectivity index (χ0v) is 11.5. The Morgan fingerprint density at radius 2 is 1.89 bits per heavy atom. The quantitative estimate of drug-likeness (QED) is 0.932. The number of hydrogen-bond acceptors (Lipinski definition) is 5. The molecule has 0 fully saturated rings. The lowest BCUT2D eigenvalue weighted by Gasteiger charge is -2.04. The molecule has 2 heterocycles. The molecular formula is C10H12Cl2N6. The number of nitrogens with one attached hydrogen (secondary N) is 1. The minimum atomic E-state index is 0.0689. The van der Waals surface area contributed by atoms with Crippen molar-refractivity contribution in [1.82, 2.24) is 24.7 Å². The summed E-state index contributed by atoms with van der Waals surface area (Å²) in [7, 11) is 1.89. The Labute approximate surface area is 114 Å². The van der Waals surface area contributed by atoms with E-state index in [1.54, 1.807) is 4.68 Å². The SMILES string of the molecule is CCc1nn(C)cc1CNc1nc(Cl)nc(Cl)n1. The maximum atomic E-state index is 5.69. The third-order valence-electron chi connectivity index (χ3n) is 2.34. The predicted octanol–water partition coefficient (Wildman–Crippen LogP) is 2.09. The molecule has 18 heavy (non-hydrogen) atoms. The van der Waals surface area contributed by atoms with Crippen LogP contribution in [0.1, 0.15) is 18.2 Å². The Morgan fingerprint density at radius 3 is 2.50 bits per heavy atom. The Morgan fingerprint density at radius 1 is 1.22 bits per heavy atom. The highest BCUT2D eigenvalue weighted by Crippen LogP contribution is 2.12. The van der Waals surface area contributed by atoms with Gasteiger partial charge >= 0.3 is 0 Å². The fraction of sp³-hybridized carbons (Fsp3) is 0.400. The molecule has 0 aliphatic rings. The molecule has 2 aromatic rings. The third kappa shape index (κ3) is 3.08. The van der Waals surface area contributed by atoms with Crippen LogP contribution >= 0.6 is 23.2 Å². The van der Waals surface area contributed by atoms with E-state index in [-0.39, 0.29) is 10.6 Å². The highest BCUT2D eigenvalue weighted by atomic mass is 35.5. The molecule has 6 nitrogen and oxygen atoms in total. The number of rotatable bonds is 4. The van der Waals surface area contributed by atoms with Crippen LogP contribution in [0.2, 0.25) is 10.6 Å². The van der Waals surface area contributed by atoms with E-state index in [1.807, 2.05) is 13.2 Å². The first-order chi connectivity index (χ1) is 8.58. The van der Waals surface area contributed by atoms with Crippen LogP contribution in [0.4, 0.5) is 5.95 Å². The van der Waals surface area contributed by atoms with Gasteiger partial charge in [-0.3, -0.25) is 4.68 Å². The third-order valence-corrected chi connectivity index (χ3v) is 2.68. The van der Waals surface area contributed by atoms with Gasteiger partial charge in [0.15, 0.2) is 0 Å². The Bertz CT molecular complexity index is 533. The van der Waals surface area contributed by atoms with Crippen LogP contribution in [0.3, 0.4) is 0 Å². The number of halogens is 2. The van der Waals surface area contributed by atoms with Gasteiger partial charge in [0.1, 0.15) is 0 Å². The van der Waals surface area contributed by atoms with E-state index in [2.05, 4.69) is 32.3 Å². The van der Waals surface area contributed by atoms with Gasteiger partial charge in [-0.1, -0.05) is 6.92 Å². The van der Waals surface area contributed by atoms with Crippen molar-refractivity contribution in [2.45, 2.75) is 19.9 Å². The summed E-state index contributed by atoms with van der Waals surface area (Å²) in [6.07, 6.45) is 2.83. The molecule has 0 aliphatic heterocycles. The standard InChI is InChI=1S/C10H12Cl2N6/c1-3-7-6(5-18(2)17-7)4-13-10-15-8(11)14-9(12)16-10/h5H,3-4H2,1-2H3,(H,13,14,15,16). The zero-order chi connectivity index (χ0) is 13.1. The Kier molecular flexibility index (Phi) is 3.98. The van der Waals surface area contributed by atoms with Gasteiger partial charge in [-0.25, -0.2) is 0 Å². The van der Waals surface area contributed by atoms with Gasteiger partial charge in [-0.15, -0.1) is 0 Å². The van der Waals surface area contributed by atoms with Crippen LogP contribution in [0.15, 0.2) is 6.20 Å². The first-order valence-electron chi connectivity index (χ1n) is 5.41. The van der Waals surface area contributed by atoms with Crippen LogP contribution in [0.25, 0.3) is 0 Å². The van der Waals surface area contributed by atoms with Gasteiger partial charge in [0.25, 0.3) is 0 Å². The van der Waals surface area contributed by atoms with Crippen molar-refractivity contribution in [3.63, 3.8) is 0 Å². The summed E-state index contributed by atoms with van der Waals surface area (Å²) >= 11 is 11.4. The summed E-state index contributed by atoms with van der Waals surface area (Å²) in [5.74, 6) is 0.353. The van der Waals surface area contributed by atoms with E-state index < -0.39 is 0 Å². The molecule has 0 unspecified atom stereocenters. The van der Waals surface area contributed by atoms with Crippen LogP contribution in [0, 0.1) is 0 Å². The number of nitrogens with zero attached hydrogens (tertiary/aromatic N) is 5. The molecule has 2 rings (SSSR count). The average Bonchev–Trinajstić information content (AvgIpc) is 2.66. The van der Waals surface area contributed by atoms with Gasteiger partial charge in [-0.2, -0.15) is 20.1 Å². The van der Waals surface area contributed by atoms with Gasteiger partial charge in [0.05, 0.1) is 5.69 Å². The van der Waals surface area contributed by atoms with E-state index in [0.717, 1.165) is 17.7 Å². The molecular weight excluding hydrogens is 275 g/mol. The summed E-state index contributed by atoms with van der Waals surface area (Å²) in [4.78, 5) is 11.5. The van der Waals surface area contributed by atoms with Crippen molar-refractivity contribution in [2.24, 2.45) is 7.05 Å². The first kappa shape index (κ1) is 13.0. The van der Waals surface area contributed by atoms with Gasteiger partial charge in [-0.05, 0) is 29.6 Å². The van der Waals surface area contributed by atoms with Crippen molar-refractivity contribution in [2.75, 3.05) is 5.32 Å². The van der Waals surface area contributed by atoms with Crippen molar-refractivity contribution in [3.05, 3.63) is 28.0 Å². The van der Waals surface area contributed by atoms with E-state index in [1.165, 1.54) is 0 Å². The molecule has 96 valence electrons. The van der Waals surface area contributed by atoms with Crippen LogP contribution in [0.5, 0.6) is 0 Å². The molecule has 0 spiro atoms.